The fraction of sp³-hybridized carbons (Fsp3) is 0.606. The van der Waals surface area contributed by atoms with Crippen molar-refractivity contribution in [1.29, 1.82) is 0 Å². The number of carboxylic acid groups (broad SMARTS) is 2. The maximum absolute atomic E-state index is 12.1. The first kappa shape index (κ1) is 36.9. The molecule has 9 nitrogen and oxygen atoms in total. The van der Waals surface area contributed by atoms with Crippen LogP contribution in [0.1, 0.15) is 78.6 Å². The highest BCUT2D eigenvalue weighted by Crippen LogP contribution is 2.33. The topological polar surface area (TPSA) is 165 Å². The third-order valence-corrected chi connectivity index (χ3v) is 7.31. The highest BCUT2D eigenvalue weighted by Gasteiger charge is 2.23. The molecule has 0 heterocycles. The van der Waals surface area contributed by atoms with Gasteiger partial charge < -0.3 is 31.5 Å². The number of aliphatic hydroxyl groups excluding tert-OH is 2. The van der Waals surface area contributed by atoms with Gasteiger partial charge in [0, 0.05) is 12.7 Å². The van der Waals surface area contributed by atoms with Gasteiger partial charge in [0.2, 0.25) is 0 Å². The molecule has 0 radical (unpaired) electrons. The molecule has 5 atom stereocenters. The minimum atomic E-state index is -1.10. The lowest BCUT2D eigenvalue weighted by Gasteiger charge is -2.28. The number of carbonyl (C=O) groups is 2. The molecule has 1 aliphatic carbocycles. The predicted octanol–water partition coefficient (Wildman–Crippen LogP) is 4.98. The number of nitrogens with one attached hydrogen (secondary N) is 1. The van der Waals surface area contributed by atoms with Crippen LogP contribution in [0.4, 0.5) is 0 Å². The van der Waals surface area contributed by atoms with Gasteiger partial charge in [0.25, 0.3) is 0 Å². The molecule has 0 amide bonds. The highest BCUT2D eigenvalue weighted by atomic mass is 16.4. The van der Waals surface area contributed by atoms with Gasteiger partial charge in [-0.15, -0.1) is 0 Å². The second kappa shape index (κ2) is 21.5. The summed E-state index contributed by atoms with van der Waals surface area (Å²) in [4.78, 5) is 27.2. The molecule has 1 rings (SSSR count). The van der Waals surface area contributed by atoms with Crippen molar-refractivity contribution in [2.45, 2.75) is 90.7 Å². The van der Waals surface area contributed by atoms with Crippen molar-refractivity contribution in [3.63, 3.8) is 0 Å². The number of aliphatic carboxylic acids is 2. The van der Waals surface area contributed by atoms with Gasteiger partial charge in [-0.05, 0) is 80.3 Å². The standard InChI is InChI=1S/C33H53N3O6/c1-4-25(17-18-31(39)40)11-7-13-27(20-26-12-8-14-28(21-26)23-37)22-30(32(41)42)36-33(34)35-19-9-16-29(38)15-6-5-10-24(2)3/h5-7,9,13,16-18,22,24-26,28-30,37-38H,4,8,10-12,14-15,19-21,23H2,1-3H3,(H,39,40)(H,41,42)(H3,34,35,36). The van der Waals surface area contributed by atoms with Crippen molar-refractivity contribution in [3.8, 4) is 0 Å². The number of nitrogens with zero attached hydrogens (tertiary/aromatic N) is 1. The molecule has 0 bridgehead atoms. The van der Waals surface area contributed by atoms with Crippen molar-refractivity contribution in [1.82, 2.24) is 5.32 Å². The van der Waals surface area contributed by atoms with E-state index in [1.807, 2.05) is 25.2 Å². The predicted molar refractivity (Wildman–Crippen MR) is 169 cm³/mol. The molecule has 0 aromatic carbocycles. The lowest BCUT2D eigenvalue weighted by atomic mass is 9.78. The Morgan fingerprint density at radius 1 is 1.00 bits per heavy atom. The Kier molecular flexibility index (Phi) is 18.9. The Hall–Kier alpha value is -3.17. The molecule has 236 valence electrons. The Bertz CT molecular complexity index is 982. The fourth-order valence-electron chi connectivity index (χ4n) is 4.92. The molecule has 0 aliphatic heterocycles. The van der Waals surface area contributed by atoms with Crippen LogP contribution in [0.25, 0.3) is 0 Å². The van der Waals surface area contributed by atoms with Gasteiger partial charge in [-0.1, -0.05) is 76.1 Å². The van der Waals surface area contributed by atoms with Gasteiger partial charge in [0.15, 0.2) is 5.96 Å². The van der Waals surface area contributed by atoms with Gasteiger partial charge in [0.05, 0.1) is 12.6 Å². The smallest absolute Gasteiger partial charge is 0.330 e. The van der Waals surface area contributed by atoms with Gasteiger partial charge in [-0.25, -0.2) is 14.6 Å². The van der Waals surface area contributed by atoms with Crippen LogP contribution in [0.5, 0.6) is 0 Å². The average molecular weight is 588 g/mol. The lowest BCUT2D eigenvalue weighted by molar-refractivity contribution is -0.137. The molecule has 5 unspecified atom stereocenters. The van der Waals surface area contributed by atoms with Crippen LogP contribution in [0.3, 0.4) is 0 Å². The summed E-state index contributed by atoms with van der Waals surface area (Å²) in [6.45, 7) is 6.62. The zero-order valence-electron chi connectivity index (χ0n) is 25.6. The van der Waals surface area contributed by atoms with Crippen molar-refractivity contribution >= 4 is 17.9 Å². The molecule has 1 saturated carbocycles. The van der Waals surface area contributed by atoms with Crippen LogP contribution in [0.15, 0.2) is 65.2 Å². The zero-order valence-corrected chi connectivity index (χ0v) is 25.6. The van der Waals surface area contributed by atoms with E-state index in [0.717, 1.165) is 50.2 Å². The largest absolute Gasteiger partial charge is 0.479 e. The number of rotatable bonds is 19. The van der Waals surface area contributed by atoms with Crippen molar-refractivity contribution in [2.75, 3.05) is 13.2 Å². The Morgan fingerprint density at radius 3 is 2.36 bits per heavy atom. The number of aliphatic hydroxyl groups is 2. The zero-order chi connectivity index (χ0) is 31.3. The van der Waals surface area contributed by atoms with E-state index < -0.39 is 24.1 Å². The number of hydrogen-bond donors (Lipinski definition) is 6. The molecule has 1 fully saturated rings. The summed E-state index contributed by atoms with van der Waals surface area (Å²) in [6, 6.07) is -1.10. The normalized spacial score (nSPS) is 21.1. The molecular formula is C33H53N3O6. The Labute approximate surface area is 251 Å². The van der Waals surface area contributed by atoms with Crippen LogP contribution in [0.2, 0.25) is 0 Å². The van der Waals surface area contributed by atoms with Crippen LogP contribution < -0.4 is 11.1 Å². The van der Waals surface area contributed by atoms with E-state index >= 15 is 0 Å². The summed E-state index contributed by atoms with van der Waals surface area (Å²) in [7, 11) is 0. The van der Waals surface area contributed by atoms with Gasteiger partial charge >= 0.3 is 11.9 Å². The molecule has 9 heteroatoms. The Balaban J connectivity index is 2.95. The van der Waals surface area contributed by atoms with E-state index in [2.05, 4.69) is 30.2 Å². The van der Waals surface area contributed by atoms with Crippen molar-refractivity contribution in [2.24, 2.45) is 34.4 Å². The Morgan fingerprint density at radius 2 is 1.71 bits per heavy atom. The van der Waals surface area contributed by atoms with Crippen molar-refractivity contribution < 1.29 is 30.0 Å². The minimum Gasteiger partial charge on any atom is -0.479 e. The number of guanidine groups is 1. The minimum absolute atomic E-state index is 0.0131. The first-order chi connectivity index (χ1) is 20.0. The molecule has 0 spiro atoms. The third-order valence-electron chi connectivity index (χ3n) is 7.31. The van der Waals surface area contributed by atoms with Gasteiger partial charge in [0.1, 0.15) is 6.04 Å². The second-order valence-electron chi connectivity index (χ2n) is 11.5. The van der Waals surface area contributed by atoms with E-state index in [4.69, 9.17) is 10.8 Å². The first-order valence-electron chi connectivity index (χ1n) is 15.2. The van der Waals surface area contributed by atoms with E-state index in [-0.39, 0.29) is 30.9 Å². The van der Waals surface area contributed by atoms with E-state index in [1.165, 1.54) is 0 Å². The van der Waals surface area contributed by atoms with Crippen LogP contribution in [-0.2, 0) is 9.59 Å². The van der Waals surface area contributed by atoms with Crippen LogP contribution in [-0.4, -0.2) is 63.6 Å². The summed E-state index contributed by atoms with van der Waals surface area (Å²) in [5, 5.41) is 41.4. The van der Waals surface area contributed by atoms with E-state index in [1.54, 1.807) is 24.3 Å². The summed E-state index contributed by atoms with van der Waals surface area (Å²) < 4.78 is 0. The molecular weight excluding hydrogens is 534 g/mol. The summed E-state index contributed by atoms with van der Waals surface area (Å²) in [5.74, 6) is -0.860. The van der Waals surface area contributed by atoms with Crippen molar-refractivity contribution in [3.05, 3.63) is 60.3 Å². The maximum atomic E-state index is 12.1. The molecule has 0 aromatic rings. The van der Waals surface area contributed by atoms with E-state index in [0.29, 0.717) is 31.1 Å². The second-order valence-corrected chi connectivity index (χ2v) is 11.5. The summed E-state index contributed by atoms with van der Waals surface area (Å²) in [6.07, 6.45) is 22.6. The molecule has 0 saturated heterocycles. The SMILES string of the molecule is CCC(C=CC(=O)O)CC=CC(=CC(NC(N)=NCC=CC(O)CC=CCC(C)C)C(=O)O)CC1CCCC(CO)C1. The number of nitrogens with two attached hydrogens (primary N) is 1. The summed E-state index contributed by atoms with van der Waals surface area (Å²) in [5.41, 5.74) is 6.85. The highest BCUT2D eigenvalue weighted by molar-refractivity contribution is 5.86. The number of carboxylic acids is 2. The number of hydrogen-bond acceptors (Lipinski definition) is 5. The molecule has 0 aromatic heterocycles. The van der Waals surface area contributed by atoms with Crippen LogP contribution in [0, 0.1) is 23.7 Å². The van der Waals surface area contributed by atoms with Gasteiger partial charge in [-0.2, -0.15) is 0 Å². The van der Waals surface area contributed by atoms with Gasteiger partial charge in [-0.3, -0.25) is 0 Å². The average Bonchev–Trinajstić information content (AvgIpc) is 2.94. The first-order valence-corrected chi connectivity index (χ1v) is 15.2. The third kappa shape index (κ3) is 17.6. The molecule has 1 aliphatic rings. The number of allylic oxidation sites excluding steroid dienone is 5. The fourth-order valence-corrected chi connectivity index (χ4v) is 4.92. The lowest BCUT2D eigenvalue weighted by Crippen LogP contribution is -2.43. The van der Waals surface area contributed by atoms with Crippen LogP contribution >= 0.6 is 0 Å². The van der Waals surface area contributed by atoms with E-state index in [9.17, 15) is 24.9 Å². The maximum Gasteiger partial charge on any atom is 0.330 e. The molecule has 42 heavy (non-hydrogen) atoms. The summed E-state index contributed by atoms with van der Waals surface area (Å²) >= 11 is 0. The number of aliphatic imine (C=N–C) groups is 1. The quantitative estimate of drug-likeness (QED) is 0.0405. The molecule has 7 N–H and O–H groups in total. The monoisotopic (exact) mass is 587 g/mol.